The molecule has 1 atom stereocenters. The number of aromatic carboxylic acids is 1. The van der Waals surface area contributed by atoms with Crippen LogP contribution >= 0.6 is 0 Å². The van der Waals surface area contributed by atoms with Gasteiger partial charge in [0.15, 0.2) is 6.10 Å². The van der Waals surface area contributed by atoms with Gasteiger partial charge in [0.2, 0.25) is 0 Å². The van der Waals surface area contributed by atoms with E-state index in [1.54, 1.807) is 12.1 Å². The number of ether oxygens (including phenoxy) is 2. The molecule has 0 aliphatic carbocycles. The monoisotopic (exact) mass is 347 g/mol. The van der Waals surface area contributed by atoms with Crippen LogP contribution in [0.25, 0.3) is 0 Å². The molecule has 0 heterocycles. The number of rotatable bonds is 7. The Balaban J connectivity index is 2.02. The van der Waals surface area contributed by atoms with Crippen LogP contribution < -0.4 is 14.8 Å². The number of amides is 1. The molecule has 1 unspecified atom stereocenters. The highest BCUT2D eigenvalue weighted by molar-refractivity contribution is 5.91. The number of methoxy groups -OCH3 is 1. The maximum Gasteiger partial charge on any atom is 0.339 e. The highest BCUT2D eigenvalue weighted by atomic mass is 19.1. The molecule has 2 aromatic rings. The molecule has 0 fully saturated rings. The summed E-state index contributed by atoms with van der Waals surface area (Å²) in [6, 6.07) is 9.98. The molecule has 0 spiro atoms. The lowest BCUT2D eigenvalue weighted by Crippen LogP contribution is -2.36. The van der Waals surface area contributed by atoms with Crippen LogP contribution in [-0.4, -0.2) is 30.2 Å². The van der Waals surface area contributed by atoms with Crippen molar-refractivity contribution in [2.24, 2.45) is 0 Å². The van der Waals surface area contributed by atoms with Crippen LogP contribution in [0.4, 0.5) is 4.39 Å². The van der Waals surface area contributed by atoms with Gasteiger partial charge in [-0.05, 0) is 36.8 Å². The summed E-state index contributed by atoms with van der Waals surface area (Å²) in [4.78, 5) is 23.4. The van der Waals surface area contributed by atoms with Crippen LogP contribution in [-0.2, 0) is 11.3 Å². The minimum atomic E-state index is -1.17. The van der Waals surface area contributed by atoms with Crippen molar-refractivity contribution >= 4 is 11.9 Å². The average Bonchev–Trinajstić information content (AvgIpc) is 2.60. The number of hydrogen-bond donors (Lipinski definition) is 2. The quantitative estimate of drug-likeness (QED) is 0.804. The van der Waals surface area contributed by atoms with Crippen LogP contribution in [0.3, 0.4) is 0 Å². The molecule has 7 heteroatoms. The van der Waals surface area contributed by atoms with Crippen molar-refractivity contribution in [3.8, 4) is 11.5 Å². The normalized spacial score (nSPS) is 11.5. The average molecular weight is 347 g/mol. The van der Waals surface area contributed by atoms with Crippen LogP contribution in [0.5, 0.6) is 11.5 Å². The first-order chi connectivity index (χ1) is 11.9. The molecule has 0 saturated heterocycles. The van der Waals surface area contributed by atoms with Crippen molar-refractivity contribution in [1.29, 1.82) is 0 Å². The molecule has 0 radical (unpaired) electrons. The van der Waals surface area contributed by atoms with Crippen molar-refractivity contribution in [3.63, 3.8) is 0 Å². The Morgan fingerprint density at radius 2 is 1.88 bits per heavy atom. The summed E-state index contributed by atoms with van der Waals surface area (Å²) in [6.45, 7) is 1.71. The second-order valence-corrected chi connectivity index (χ2v) is 5.27. The predicted molar refractivity (Wildman–Crippen MR) is 88.3 cm³/mol. The summed E-state index contributed by atoms with van der Waals surface area (Å²) in [5, 5.41) is 11.9. The molecule has 0 saturated carbocycles. The molecule has 2 aromatic carbocycles. The number of carbonyl (C=O) groups excluding carboxylic acids is 1. The highest BCUT2D eigenvalue weighted by Gasteiger charge is 2.19. The molecule has 0 aromatic heterocycles. The minimum absolute atomic E-state index is 0.0382. The number of carbonyl (C=O) groups is 2. The first-order valence-electron chi connectivity index (χ1n) is 7.51. The van der Waals surface area contributed by atoms with Gasteiger partial charge in [0, 0.05) is 12.6 Å². The van der Waals surface area contributed by atoms with Crippen LogP contribution in [0.1, 0.15) is 22.8 Å². The Kier molecular flexibility index (Phi) is 5.94. The molecule has 6 nitrogen and oxygen atoms in total. The van der Waals surface area contributed by atoms with Crippen LogP contribution in [0, 0.1) is 5.82 Å². The summed E-state index contributed by atoms with van der Waals surface area (Å²) in [6.07, 6.45) is -0.925. The molecule has 2 N–H and O–H groups in total. The van der Waals surface area contributed by atoms with Crippen molar-refractivity contribution in [2.75, 3.05) is 7.11 Å². The van der Waals surface area contributed by atoms with Gasteiger partial charge in [-0.15, -0.1) is 0 Å². The van der Waals surface area contributed by atoms with Crippen molar-refractivity contribution in [2.45, 2.75) is 19.6 Å². The van der Waals surface area contributed by atoms with Gasteiger partial charge < -0.3 is 19.9 Å². The Morgan fingerprint density at radius 1 is 1.20 bits per heavy atom. The van der Waals surface area contributed by atoms with E-state index in [2.05, 4.69) is 5.32 Å². The van der Waals surface area contributed by atoms with Crippen LogP contribution in [0.2, 0.25) is 0 Å². The maximum atomic E-state index is 12.9. The summed E-state index contributed by atoms with van der Waals surface area (Å²) in [5.74, 6) is -1.50. The Labute approximate surface area is 144 Å². The zero-order valence-corrected chi connectivity index (χ0v) is 13.8. The second kappa shape index (κ2) is 8.14. The van der Waals surface area contributed by atoms with E-state index < -0.39 is 18.0 Å². The summed E-state index contributed by atoms with van der Waals surface area (Å²) >= 11 is 0. The fourth-order valence-corrected chi connectivity index (χ4v) is 2.08. The third kappa shape index (κ3) is 4.94. The lowest BCUT2D eigenvalue weighted by atomic mass is 10.2. The van der Waals surface area contributed by atoms with Crippen molar-refractivity contribution in [1.82, 2.24) is 5.32 Å². The smallest absolute Gasteiger partial charge is 0.339 e. The molecule has 0 aliphatic heterocycles. The minimum Gasteiger partial charge on any atom is -0.497 e. The first kappa shape index (κ1) is 18.3. The van der Waals surface area contributed by atoms with E-state index in [-0.39, 0.29) is 23.7 Å². The number of benzene rings is 2. The van der Waals surface area contributed by atoms with E-state index in [1.807, 2.05) is 0 Å². The van der Waals surface area contributed by atoms with E-state index in [9.17, 15) is 19.1 Å². The predicted octanol–water partition coefficient (Wildman–Crippen LogP) is 2.62. The van der Waals surface area contributed by atoms with Gasteiger partial charge in [-0.2, -0.15) is 0 Å². The molecular weight excluding hydrogens is 329 g/mol. The summed E-state index contributed by atoms with van der Waals surface area (Å²) in [5.41, 5.74) is 0.661. The fraction of sp³-hybridized carbons (Fsp3) is 0.222. The second-order valence-electron chi connectivity index (χ2n) is 5.27. The Hall–Kier alpha value is -3.09. The number of carboxylic acids is 1. The number of halogens is 1. The van der Waals surface area contributed by atoms with E-state index in [0.717, 1.165) is 5.56 Å². The van der Waals surface area contributed by atoms with Gasteiger partial charge in [0.1, 0.15) is 22.9 Å². The Bertz CT molecular complexity index is 761. The van der Waals surface area contributed by atoms with Crippen molar-refractivity contribution < 1.29 is 28.6 Å². The lowest BCUT2D eigenvalue weighted by Gasteiger charge is -2.17. The molecule has 2 rings (SSSR count). The Morgan fingerprint density at radius 3 is 2.48 bits per heavy atom. The highest BCUT2D eigenvalue weighted by Crippen LogP contribution is 2.26. The first-order valence-corrected chi connectivity index (χ1v) is 7.51. The van der Waals surface area contributed by atoms with Gasteiger partial charge in [-0.1, -0.05) is 12.1 Å². The number of nitrogens with one attached hydrogen (secondary N) is 1. The largest absolute Gasteiger partial charge is 0.497 e. The van der Waals surface area contributed by atoms with Gasteiger partial charge >= 0.3 is 5.97 Å². The standard InChI is InChI=1S/C18H18FNO5/c1-11(17(21)20-10-12-3-5-13(19)6-4-12)25-16-9-14(24-2)7-8-15(16)18(22)23/h3-9,11H,10H2,1-2H3,(H,20,21)(H,22,23). The molecule has 0 bridgehead atoms. The van der Waals surface area contributed by atoms with E-state index in [0.29, 0.717) is 5.75 Å². The topological polar surface area (TPSA) is 84.9 Å². The van der Waals surface area contributed by atoms with Gasteiger partial charge in [0.25, 0.3) is 5.91 Å². The van der Waals surface area contributed by atoms with Crippen molar-refractivity contribution in [3.05, 3.63) is 59.4 Å². The van der Waals surface area contributed by atoms with E-state index in [1.165, 1.54) is 44.4 Å². The van der Waals surface area contributed by atoms with Crippen LogP contribution in [0.15, 0.2) is 42.5 Å². The maximum absolute atomic E-state index is 12.9. The molecule has 25 heavy (non-hydrogen) atoms. The molecule has 1 amide bonds. The summed E-state index contributed by atoms with van der Waals surface area (Å²) in [7, 11) is 1.44. The number of hydrogen-bond acceptors (Lipinski definition) is 4. The SMILES string of the molecule is COc1ccc(C(=O)O)c(OC(C)C(=O)NCc2ccc(F)cc2)c1. The van der Waals surface area contributed by atoms with Gasteiger partial charge in [-0.3, -0.25) is 4.79 Å². The third-order valence-corrected chi connectivity index (χ3v) is 3.47. The fourth-order valence-electron chi connectivity index (χ4n) is 2.08. The zero-order valence-electron chi connectivity index (χ0n) is 13.8. The van der Waals surface area contributed by atoms with Gasteiger partial charge in [-0.25, -0.2) is 9.18 Å². The zero-order chi connectivity index (χ0) is 18.4. The molecular formula is C18H18FNO5. The van der Waals surface area contributed by atoms with E-state index in [4.69, 9.17) is 9.47 Å². The summed E-state index contributed by atoms with van der Waals surface area (Å²) < 4.78 is 23.4. The third-order valence-electron chi connectivity index (χ3n) is 3.47. The van der Waals surface area contributed by atoms with Gasteiger partial charge in [0.05, 0.1) is 7.11 Å². The molecule has 0 aliphatic rings. The van der Waals surface area contributed by atoms with E-state index >= 15 is 0 Å². The number of carboxylic acid groups (broad SMARTS) is 1. The lowest BCUT2D eigenvalue weighted by molar-refractivity contribution is -0.127. The molecule has 132 valence electrons.